The zero-order chi connectivity index (χ0) is 21.8. The fraction of sp³-hybridized carbons (Fsp3) is 0.333. The van der Waals surface area contributed by atoms with E-state index in [-0.39, 0.29) is 18.1 Å². The first kappa shape index (κ1) is 20.7. The van der Waals surface area contributed by atoms with Gasteiger partial charge in [-0.2, -0.15) is 0 Å². The Hall–Kier alpha value is -3.18. The Bertz CT molecular complexity index is 1030. The lowest BCUT2D eigenvalue weighted by molar-refractivity contribution is 0.0998. The van der Waals surface area contributed by atoms with Crippen molar-refractivity contribution >= 4 is 6.03 Å². The molecule has 1 N–H and O–H groups in total. The molecule has 164 valence electrons. The van der Waals surface area contributed by atoms with Crippen LogP contribution >= 0.6 is 0 Å². The van der Waals surface area contributed by atoms with Crippen LogP contribution in [0.3, 0.4) is 0 Å². The number of hydrogen-bond donors (Lipinski definition) is 1. The highest BCUT2D eigenvalue weighted by Gasteiger charge is 2.36. The normalized spacial score (nSPS) is 20.2. The summed E-state index contributed by atoms with van der Waals surface area (Å²) >= 11 is 0. The van der Waals surface area contributed by atoms with Crippen LogP contribution in [0.1, 0.15) is 41.1 Å². The van der Waals surface area contributed by atoms with E-state index in [2.05, 4.69) is 74.7 Å². The van der Waals surface area contributed by atoms with Crippen molar-refractivity contribution in [3.05, 3.63) is 101 Å². The number of likely N-dealkylation sites (tertiary alicyclic amines) is 1. The van der Waals surface area contributed by atoms with E-state index in [0.29, 0.717) is 6.54 Å². The molecule has 2 amide bonds. The van der Waals surface area contributed by atoms with Crippen LogP contribution in [0.2, 0.25) is 0 Å². The van der Waals surface area contributed by atoms with E-state index < -0.39 is 0 Å². The Balaban J connectivity index is 1.42. The van der Waals surface area contributed by atoms with Gasteiger partial charge in [0.2, 0.25) is 0 Å². The van der Waals surface area contributed by atoms with Gasteiger partial charge in [0.1, 0.15) is 0 Å². The molecule has 1 atom stereocenters. The van der Waals surface area contributed by atoms with Gasteiger partial charge in [0.15, 0.2) is 0 Å². The summed E-state index contributed by atoms with van der Waals surface area (Å²) in [7, 11) is 0. The van der Waals surface area contributed by atoms with Crippen molar-refractivity contribution in [1.82, 2.24) is 20.1 Å². The quantitative estimate of drug-likeness (QED) is 0.673. The van der Waals surface area contributed by atoms with Gasteiger partial charge in [-0.3, -0.25) is 9.88 Å². The lowest BCUT2D eigenvalue weighted by Gasteiger charge is -2.44. The van der Waals surface area contributed by atoms with Gasteiger partial charge in [-0.05, 0) is 47.6 Å². The third-order valence-electron chi connectivity index (χ3n) is 6.73. The van der Waals surface area contributed by atoms with Crippen LogP contribution in [-0.4, -0.2) is 46.5 Å². The summed E-state index contributed by atoms with van der Waals surface area (Å²) in [6.07, 6.45) is 6.57. The molecule has 0 saturated carbocycles. The van der Waals surface area contributed by atoms with E-state index in [9.17, 15) is 4.79 Å². The summed E-state index contributed by atoms with van der Waals surface area (Å²) < 4.78 is 0. The van der Waals surface area contributed by atoms with Crippen molar-refractivity contribution in [3.63, 3.8) is 0 Å². The van der Waals surface area contributed by atoms with E-state index in [1.54, 1.807) is 0 Å². The van der Waals surface area contributed by atoms with Crippen molar-refractivity contribution in [2.75, 3.05) is 19.6 Å². The third-order valence-corrected chi connectivity index (χ3v) is 6.73. The van der Waals surface area contributed by atoms with Gasteiger partial charge in [0.25, 0.3) is 0 Å². The van der Waals surface area contributed by atoms with Crippen LogP contribution in [0.15, 0.2) is 79.1 Å². The van der Waals surface area contributed by atoms with Gasteiger partial charge in [-0.25, -0.2) is 4.79 Å². The van der Waals surface area contributed by atoms with E-state index in [4.69, 9.17) is 0 Å². The third kappa shape index (κ3) is 4.39. The van der Waals surface area contributed by atoms with Crippen LogP contribution in [0.4, 0.5) is 4.79 Å². The van der Waals surface area contributed by atoms with E-state index in [0.717, 1.165) is 38.9 Å². The second-order valence-corrected chi connectivity index (χ2v) is 8.77. The molecule has 1 fully saturated rings. The van der Waals surface area contributed by atoms with Crippen molar-refractivity contribution in [3.8, 4) is 0 Å². The number of piperidine rings is 1. The van der Waals surface area contributed by atoms with Crippen LogP contribution in [0.5, 0.6) is 0 Å². The molecule has 2 aliphatic rings. The number of nitrogens with zero attached hydrogens (tertiary/aromatic N) is 3. The summed E-state index contributed by atoms with van der Waals surface area (Å²) in [6.45, 7) is 3.55. The lowest BCUT2D eigenvalue weighted by atomic mass is 9.89. The molecule has 0 spiro atoms. The molecule has 0 bridgehead atoms. The number of nitrogens with one attached hydrogen (secondary N) is 1. The average Bonchev–Trinajstić information content (AvgIpc) is 2.84. The maximum Gasteiger partial charge on any atom is 0.318 e. The average molecular weight is 427 g/mol. The van der Waals surface area contributed by atoms with Gasteiger partial charge < -0.3 is 10.2 Å². The summed E-state index contributed by atoms with van der Waals surface area (Å²) in [6, 6.07) is 23.4. The number of fused-ring (bicyclic) bond motifs is 1. The minimum Gasteiger partial charge on any atom is -0.338 e. The number of amides is 2. The van der Waals surface area contributed by atoms with E-state index in [1.165, 1.54) is 22.3 Å². The Kier molecular flexibility index (Phi) is 6.17. The standard InChI is InChI=1S/C27H30N4O/c32-27-29-16-12-22-8-4-5-11-25(22)26(23-9-2-1-3-10-23)31(27)24-13-17-30(18-14-24)20-21-7-6-15-28-19-21/h1-11,15,19,24,26H,12-14,16-18,20H2,(H,29,32). The number of hydrogen-bond acceptors (Lipinski definition) is 3. The molecular formula is C27H30N4O. The Morgan fingerprint density at radius 2 is 1.72 bits per heavy atom. The van der Waals surface area contributed by atoms with Gasteiger partial charge in [-0.15, -0.1) is 0 Å². The number of pyridine rings is 1. The number of aromatic nitrogens is 1. The highest BCUT2D eigenvalue weighted by Crippen LogP contribution is 2.36. The Morgan fingerprint density at radius 1 is 0.938 bits per heavy atom. The zero-order valence-corrected chi connectivity index (χ0v) is 18.4. The van der Waals surface area contributed by atoms with E-state index in [1.807, 2.05) is 24.5 Å². The first-order valence-electron chi connectivity index (χ1n) is 11.6. The molecule has 1 saturated heterocycles. The van der Waals surface area contributed by atoms with Crippen molar-refractivity contribution in [1.29, 1.82) is 0 Å². The molecule has 32 heavy (non-hydrogen) atoms. The van der Waals surface area contributed by atoms with Gasteiger partial charge in [-0.1, -0.05) is 60.7 Å². The molecule has 1 unspecified atom stereocenters. The van der Waals surface area contributed by atoms with Gasteiger partial charge in [0, 0.05) is 44.6 Å². The molecule has 2 aromatic carbocycles. The molecule has 2 aliphatic heterocycles. The molecule has 3 aromatic rings. The molecule has 0 aliphatic carbocycles. The highest BCUT2D eigenvalue weighted by atomic mass is 16.2. The molecule has 3 heterocycles. The van der Waals surface area contributed by atoms with Crippen molar-refractivity contribution < 1.29 is 4.79 Å². The van der Waals surface area contributed by atoms with Gasteiger partial charge >= 0.3 is 6.03 Å². The largest absolute Gasteiger partial charge is 0.338 e. The Morgan fingerprint density at radius 3 is 2.50 bits per heavy atom. The second kappa shape index (κ2) is 9.53. The molecule has 0 radical (unpaired) electrons. The number of rotatable bonds is 4. The molecule has 5 nitrogen and oxygen atoms in total. The summed E-state index contributed by atoms with van der Waals surface area (Å²) in [5.41, 5.74) is 4.99. The van der Waals surface area contributed by atoms with Gasteiger partial charge in [0.05, 0.1) is 6.04 Å². The SMILES string of the molecule is O=C1NCCc2ccccc2C(c2ccccc2)N1C1CCN(Cc2cccnc2)CC1. The molecule has 5 heteroatoms. The van der Waals surface area contributed by atoms with E-state index >= 15 is 0 Å². The summed E-state index contributed by atoms with van der Waals surface area (Å²) in [4.78, 5) is 22.3. The summed E-state index contributed by atoms with van der Waals surface area (Å²) in [5.74, 6) is 0. The maximum absolute atomic E-state index is 13.4. The number of urea groups is 1. The maximum atomic E-state index is 13.4. The minimum absolute atomic E-state index is 0.0547. The molecule has 1 aromatic heterocycles. The highest BCUT2D eigenvalue weighted by molar-refractivity contribution is 5.76. The minimum atomic E-state index is -0.0671. The van der Waals surface area contributed by atoms with Crippen LogP contribution in [-0.2, 0) is 13.0 Å². The predicted molar refractivity (Wildman–Crippen MR) is 126 cm³/mol. The second-order valence-electron chi connectivity index (χ2n) is 8.77. The van der Waals surface area contributed by atoms with Crippen molar-refractivity contribution in [2.24, 2.45) is 0 Å². The molecule has 5 rings (SSSR count). The first-order valence-corrected chi connectivity index (χ1v) is 11.6. The number of benzene rings is 2. The van der Waals surface area contributed by atoms with Crippen molar-refractivity contribution in [2.45, 2.75) is 37.9 Å². The van der Waals surface area contributed by atoms with Crippen LogP contribution in [0, 0.1) is 0 Å². The monoisotopic (exact) mass is 426 g/mol. The zero-order valence-electron chi connectivity index (χ0n) is 18.4. The fourth-order valence-corrected chi connectivity index (χ4v) is 5.15. The summed E-state index contributed by atoms with van der Waals surface area (Å²) in [5, 5.41) is 3.19. The Labute approximate surface area is 190 Å². The smallest absolute Gasteiger partial charge is 0.318 e. The first-order chi connectivity index (χ1) is 15.8. The topological polar surface area (TPSA) is 48.5 Å². The molecular weight excluding hydrogens is 396 g/mol. The number of carbonyl (C=O) groups is 1. The van der Waals surface area contributed by atoms with Crippen LogP contribution in [0.25, 0.3) is 0 Å². The fourth-order valence-electron chi connectivity index (χ4n) is 5.15. The lowest BCUT2D eigenvalue weighted by Crippen LogP contribution is -2.53. The number of carbonyl (C=O) groups excluding carboxylic acids is 1. The van der Waals surface area contributed by atoms with Crippen LogP contribution < -0.4 is 5.32 Å². The predicted octanol–water partition coefficient (Wildman–Crippen LogP) is 4.40.